The van der Waals surface area contributed by atoms with Crippen LogP contribution in [0.2, 0.25) is 0 Å². The highest BCUT2D eigenvalue weighted by Crippen LogP contribution is 2.18. The van der Waals surface area contributed by atoms with Crippen LogP contribution in [0.25, 0.3) is 0 Å². The van der Waals surface area contributed by atoms with E-state index in [0.29, 0.717) is 19.0 Å². The van der Waals surface area contributed by atoms with Crippen LogP contribution >= 0.6 is 27.5 Å². The maximum Gasteiger partial charge on any atom is 0.107 e. The molecule has 0 fully saturated rings. The zero-order valence-electron chi connectivity index (χ0n) is 12.1. The van der Waals surface area contributed by atoms with Gasteiger partial charge in [-0.05, 0) is 42.0 Å². The lowest BCUT2D eigenvalue weighted by Gasteiger charge is -2.22. The zero-order valence-corrected chi connectivity index (χ0v) is 14.4. The molecular formula is C17H17BrClFN2. The van der Waals surface area contributed by atoms with Crippen LogP contribution in [0.1, 0.15) is 5.56 Å². The minimum atomic E-state index is -0.385. The SMILES string of the molecule is FCCN(CCCl)c1ccc(C=Nc2ccc(Br)cc2)cc1. The molecule has 0 unspecified atom stereocenters. The number of rotatable bonds is 7. The van der Waals surface area contributed by atoms with Gasteiger partial charge in [0.25, 0.3) is 0 Å². The largest absolute Gasteiger partial charge is 0.368 e. The molecule has 2 nitrogen and oxygen atoms in total. The molecule has 0 bridgehead atoms. The Balaban J connectivity index is 2.06. The third kappa shape index (κ3) is 5.11. The lowest BCUT2D eigenvalue weighted by molar-refractivity contribution is 0.492. The Labute approximate surface area is 143 Å². The van der Waals surface area contributed by atoms with Crippen LogP contribution < -0.4 is 4.90 Å². The standard InChI is InChI=1S/C17H17BrClFN2/c18-15-3-5-16(6-4-15)21-13-14-1-7-17(8-2-14)22(11-9-19)12-10-20/h1-8,13H,9-12H2. The summed E-state index contributed by atoms with van der Waals surface area (Å²) < 4.78 is 13.6. The van der Waals surface area contributed by atoms with Gasteiger partial charge in [0, 0.05) is 35.3 Å². The summed E-state index contributed by atoms with van der Waals surface area (Å²) in [7, 11) is 0. The molecule has 5 heteroatoms. The van der Waals surface area contributed by atoms with Crippen molar-refractivity contribution in [3.8, 4) is 0 Å². The van der Waals surface area contributed by atoms with Gasteiger partial charge in [0.1, 0.15) is 6.67 Å². The maximum absolute atomic E-state index is 12.6. The molecule has 2 aromatic rings. The van der Waals surface area contributed by atoms with Crippen molar-refractivity contribution in [2.75, 3.05) is 30.5 Å². The van der Waals surface area contributed by atoms with Crippen molar-refractivity contribution in [1.82, 2.24) is 0 Å². The predicted molar refractivity (Wildman–Crippen MR) is 96.7 cm³/mol. The molecule has 0 aromatic heterocycles. The van der Waals surface area contributed by atoms with Crippen LogP contribution in [0.15, 0.2) is 58.0 Å². The summed E-state index contributed by atoms with van der Waals surface area (Å²) in [6.07, 6.45) is 1.81. The van der Waals surface area contributed by atoms with Gasteiger partial charge in [-0.1, -0.05) is 28.1 Å². The summed E-state index contributed by atoms with van der Waals surface area (Å²) in [5.74, 6) is 0.479. The Morgan fingerprint density at radius 1 is 1.05 bits per heavy atom. The van der Waals surface area contributed by atoms with E-state index >= 15 is 0 Å². The Hall–Kier alpha value is -1.39. The van der Waals surface area contributed by atoms with Crippen molar-refractivity contribution in [3.63, 3.8) is 0 Å². The second kappa shape index (κ2) is 8.91. The van der Waals surface area contributed by atoms with Crippen LogP contribution in [0.3, 0.4) is 0 Å². The fourth-order valence-corrected chi connectivity index (χ4v) is 2.49. The van der Waals surface area contributed by atoms with Gasteiger partial charge >= 0.3 is 0 Å². The highest BCUT2D eigenvalue weighted by molar-refractivity contribution is 9.10. The molecule has 0 saturated carbocycles. The Morgan fingerprint density at radius 2 is 1.73 bits per heavy atom. The quantitative estimate of drug-likeness (QED) is 0.473. The minimum absolute atomic E-state index is 0.360. The summed E-state index contributed by atoms with van der Waals surface area (Å²) in [5.41, 5.74) is 2.87. The number of alkyl halides is 2. The van der Waals surface area contributed by atoms with Crippen molar-refractivity contribution in [1.29, 1.82) is 0 Å². The number of benzene rings is 2. The van der Waals surface area contributed by atoms with Crippen molar-refractivity contribution < 1.29 is 4.39 Å². The number of aliphatic imine (C=N–C) groups is 1. The first-order valence-corrected chi connectivity index (χ1v) is 8.32. The first-order valence-electron chi connectivity index (χ1n) is 6.99. The number of nitrogens with zero attached hydrogens (tertiary/aromatic N) is 2. The summed E-state index contributed by atoms with van der Waals surface area (Å²) in [6.45, 7) is 0.612. The van der Waals surface area contributed by atoms with Crippen LogP contribution in [0.5, 0.6) is 0 Å². The molecule has 22 heavy (non-hydrogen) atoms. The highest BCUT2D eigenvalue weighted by atomic mass is 79.9. The molecule has 0 spiro atoms. The van der Waals surface area contributed by atoms with Crippen LogP contribution in [0, 0.1) is 0 Å². The van der Waals surface area contributed by atoms with Crippen LogP contribution in [-0.4, -0.2) is 31.9 Å². The fraction of sp³-hybridized carbons (Fsp3) is 0.235. The van der Waals surface area contributed by atoms with E-state index in [-0.39, 0.29) is 6.67 Å². The second-order valence-corrected chi connectivity index (χ2v) is 5.98. The number of halogens is 3. The molecule has 0 aliphatic rings. The lowest BCUT2D eigenvalue weighted by atomic mass is 10.2. The van der Waals surface area contributed by atoms with Crippen molar-refractivity contribution >= 4 is 45.1 Å². The van der Waals surface area contributed by atoms with Crippen LogP contribution in [-0.2, 0) is 0 Å². The monoisotopic (exact) mass is 382 g/mol. The highest BCUT2D eigenvalue weighted by Gasteiger charge is 2.05. The van der Waals surface area contributed by atoms with E-state index in [1.54, 1.807) is 0 Å². The summed E-state index contributed by atoms with van der Waals surface area (Å²) in [4.78, 5) is 6.36. The van der Waals surface area contributed by atoms with Gasteiger partial charge in [-0.3, -0.25) is 4.99 Å². The zero-order chi connectivity index (χ0) is 15.8. The van der Waals surface area contributed by atoms with Gasteiger partial charge in [-0.25, -0.2) is 4.39 Å². The first kappa shape index (κ1) is 17.0. The van der Waals surface area contributed by atoms with Gasteiger partial charge in [0.05, 0.1) is 5.69 Å². The van der Waals surface area contributed by atoms with Gasteiger partial charge < -0.3 is 4.90 Å². The van der Waals surface area contributed by atoms with Crippen molar-refractivity contribution in [2.24, 2.45) is 4.99 Å². The average Bonchev–Trinajstić information content (AvgIpc) is 2.55. The third-order valence-corrected chi connectivity index (χ3v) is 3.85. The molecule has 0 N–H and O–H groups in total. The molecule has 0 aliphatic carbocycles. The number of anilines is 1. The topological polar surface area (TPSA) is 15.6 Å². The summed E-state index contributed by atoms with van der Waals surface area (Å²) >= 11 is 9.15. The third-order valence-electron chi connectivity index (χ3n) is 3.16. The maximum atomic E-state index is 12.6. The van der Waals surface area contributed by atoms with Gasteiger partial charge in [0.2, 0.25) is 0 Å². The number of hydrogen-bond donors (Lipinski definition) is 0. The van der Waals surface area contributed by atoms with Gasteiger partial charge in [0.15, 0.2) is 0 Å². The predicted octanol–water partition coefficient (Wildman–Crippen LogP) is 5.21. The smallest absolute Gasteiger partial charge is 0.107 e. The molecule has 0 radical (unpaired) electrons. The van der Waals surface area contributed by atoms with E-state index < -0.39 is 0 Å². The molecule has 116 valence electrons. The Morgan fingerprint density at radius 3 is 2.32 bits per heavy atom. The molecule has 0 atom stereocenters. The van der Waals surface area contributed by atoms with Crippen molar-refractivity contribution in [2.45, 2.75) is 0 Å². The number of hydrogen-bond acceptors (Lipinski definition) is 2. The molecule has 0 aliphatic heterocycles. The van der Waals surface area contributed by atoms with E-state index in [1.165, 1.54) is 0 Å². The second-order valence-electron chi connectivity index (χ2n) is 4.69. The molecule has 2 rings (SSSR count). The van der Waals surface area contributed by atoms with Crippen LogP contribution in [0.4, 0.5) is 15.8 Å². The Kier molecular flexibility index (Phi) is 6.87. The molecule has 0 saturated heterocycles. The van der Waals surface area contributed by atoms with E-state index in [9.17, 15) is 4.39 Å². The fourth-order valence-electron chi connectivity index (χ4n) is 2.02. The van der Waals surface area contributed by atoms with E-state index in [2.05, 4.69) is 20.9 Å². The molecule has 0 heterocycles. The van der Waals surface area contributed by atoms with E-state index in [1.807, 2.05) is 59.6 Å². The first-order chi connectivity index (χ1) is 10.7. The lowest BCUT2D eigenvalue weighted by Crippen LogP contribution is -2.27. The Bertz CT molecular complexity index is 593. The van der Waals surface area contributed by atoms with Crippen molar-refractivity contribution in [3.05, 3.63) is 58.6 Å². The minimum Gasteiger partial charge on any atom is -0.368 e. The molecule has 0 amide bonds. The van der Waals surface area contributed by atoms with E-state index in [0.717, 1.165) is 21.4 Å². The summed E-state index contributed by atoms with van der Waals surface area (Å²) in [6, 6.07) is 15.7. The average molecular weight is 384 g/mol. The summed E-state index contributed by atoms with van der Waals surface area (Å²) in [5, 5.41) is 0. The molecule has 2 aromatic carbocycles. The van der Waals surface area contributed by atoms with Gasteiger partial charge in [-0.2, -0.15) is 0 Å². The van der Waals surface area contributed by atoms with E-state index in [4.69, 9.17) is 11.6 Å². The molecular weight excluding hydrogens is 367 g/mol. The normalized spacial score (nSPS) is 11.0. The van der Waals surface area contributed by atoms with Gasteiger partial charge in [-0.15, -0.1) is 11.6 Å².